The van der Waals surface area contributed by atoms with E-state index in [0.717, 1.165) is 42.0 Å². The van der Waals surface area contributed by atoms with Gasteiger partial charge in [0.2, 0.25) is 0 Å². The number of alkyl halides is 1. The highest BCUT2D eigenvalue weighted by molar-refractivity contribution is 7.90. The number of nitrogens with zero attached hydrogens (tertiary/aromatic N) is 7. The Morgan fingerprint density at radius 1 is 0.977 bits per heavy atom. The predicted octanol–water partition coefficient (Wildman–Crippen LogP) is 3.60. The third-order valence-electron chi connectivity index (χ3n) is 7.93. The van der Waals surface area contributed by atoms with Gasteiger partial charge in [0, 0.05) is 37.8 Å². The number of aromatic nitrogens is 7. The Hall–Kier alpha value is -4.35. The van der Waals surface area contributed by atoms with Gasteiger partial charge in [-0.05, 0) is 56.4 Å². The molecule has 0 aromatic carbocycles. The Morgan fingerprint density at radius 3 is 2.57 bits per heavy atom. The summed E-state index contributed by atoms with van der Waals surface area (Å²) in [5, 5.41) is 24.1. The zero-order chi connectivity index (χ0) is 30.5. The highest BCUT2D eigenvalue weighted by atomic mass is 32.2. The molecule has 6 rings (SSSR count). The second-order valence-electron chi connectivity index (χ2n) is 11.2. The standard InChI is InChI=1S/C30H34FN9O3S/c31-10-12-39-18-23(15-35-39)5-6-24-16-34-29(13-27(24)33-14-21-1-3-22(20-41)4-2-21)37-28-9-11-32-30(38-28)25-17-36-40(19-25)44(42,43)26-7-8-26/h9,11,13,15-19,21-22,26,41H,1-4,7-8,10,12,14,20H2,(H2,32,33,34,37,38)/t21-,22-. The molecular weight excluding hydrogens is 585 g/mol. The summed E-state index contributed by atoms with van der Waals surface area (Å²) in [5.74, 6) is 8.48. The Labute approximate surface area is 255 Å². The number of rotatable bonds is 11. The molecule has 4 aromatic rings. The molecule has 0 aliphatic heterocycles. The summed E-state index contributed by atoms with van der Waals surface area (Å²) in [5.41, 5.74) is 2.67. The van der Waals surface area contributed by atoms with Gasteiger partial charge in [-0.3, -0.25) is 4.68 Å². The third-order valence-corrected chi connectivity index (χ3v) is 9.97. The molecule has 0 saturated heterocycles. The van der Waals surface area contributed by atoms with Crippen molar-refractivity contribution in [3.05, 3.63) is 60.4 Å². The number of anilines is 3. The largest absolute Gasteiger partial charge is 0.396 e. The first-order chi connectivity index (χ1) is 21.4. The number of aliphatic hydroxyl groups excluding tert-OH is 1. The van der Waals surface area contributed by atoms with Crippen LogP contribution >= 0.6 is 0 Å². The van der Waals surface area contributed by atoms with Crippen molar-refractivity contribution in [2.45, 2.75) is 50.3 Å². The third kappa shape index (κ3) is 7.06. The first-order valence-corrected chi connectivity index (χ1v) is 16.3. The molecule has 44 heavy (non-hydrogen) atoms. The average molecular weight is 620 g/mol. The molecule has 0 spiro atoms. The van der Waals surface area contributed by atoms with Crippen molar-refractivity contribution in [2.75, 3.05) is 30.5 Å². The normalized spacial score (nSPS) is 18.4. The van der Waals surface area contributed by atoms with E-state index in [0.29, 0.717) is 58.8 Å². The summed E-state index contributed by atoms with van der Waals surface area (Å²) >= 11 is 0. The van der Waals surface area contributed by atoms with Crippen LogP contribution in [-0.2, 0) is 16.6 Å². The van der Waals surface area contributed by atoms with Gasteiger partial charge in [0.1, 0.15) is 18.3 Å². The molecule has 14 heteroatoms. The van der Waals surface area contributed by atoms with Crippen LogP contribution in [0.1, 0.15) is 49.7 Å². The van der Waals surface area contributed by atoms with Gasteiger partial charge >= 0.3 is 0 Å². The van der Waals surface area contributed by atoms with Crippen LogP contribution in [0.4, 0.5) is 21.7 Å². The fourth-order valence-corrected chi connectivity index (χ4v) is 6.67. The van der Waals surface area contributed by atoms with Crippen LogP contribution in [0.2, 0.25) is 0 Å². The number of hydrogen-bond acceptors (Lipinski definition) is 10. The fraction of sp³-hybridized carbons (Fsp3) is 0.433. The SMILES string of the molecule is O=S(=O)(C1CC1)n1cc(-c2nccc(Nc3cc(NC[C@H]4CC[C@H](CO)CC4)c(C#Cc4cnn(CCF)c4)cn3)n2)cn1. The van der Waals surface area contributed by atoms with Crippen molar-refractivity contribution < 1.29 is 17.9 Å². The van der Waals surface area contributed by atoms with Crippen LogP contribution in [-0.4, -0.2) is 72.5 Å². The summed E-state index contributed by atoms with van der Waals surface area (Å²) in [7, 11) is -3.49. The Kier molecular flexibility index (Phi) is 8.85. The monoisotopic (exact) mass is 619 g/mol. The topological polar surface area (TPSA) is 153 Å². The minimum atomic E-state index is -3.49. The highest BCUT2D eigenvalue weighted by Crippen LogP contribution is 2.31. The molecular formula is C30H34FN9O3S. The zero-order valence-electron chi connectivity index (χ0n) is 24.1. The molecule has 2 aliphatic rings. The predicted molar refractivity (Wildman–Crippen MR) is 163 cm³/mol. The number of nitrogens with one attached hydrogen (secondary N) is 2. The molecule has 12 nitrogen and oxygen atoms in total. The van der Waals surface area contributed by atoms with E-state index in [2.05, 4.69) is 47.6 Å². The molecule has 0 unspecified atom stereocenters. The molecule has 3 N–H and O–H groups in total. The van der Waals surface area contributed by atoms with Crippen LogP contribution in [0.15, 0.2) is 49.3 Å². The molecule has 0 amide bonds. The lowest BCUT2D eigenvalue weighted by Gasteiger charge is -2.27. The van der Waals surface area contributed by atoms with E-state index in [1.807, 2.05) is 6.07 Å². The van der Waals surface area contributed by atoms with Crippen molar-refractivity contribution in [2.24, 2.45) is 11.8 Å². The first-order valence-electron chi connectivity index (χ1n) is 14.8. The minimum Gasteiger partial charge on any atom is -0.396 e. The molecule has 2 fully saturated rings. The lowest BCUT2D eigenvalue weighted by molar-refractivity contribution is 0.170. The van der Waals surface area contributed by atoms with Crippen LogP contribution in [0.25, 0.3) is 11.4 Å². The molecule has 0 bridgehead atoms. The van der Waals surface area contributed by atoms with E-state index in [1.165, 1.54) is 17.1 Å². The Balaban J connectivity index is 1.21. The van der Waals surface area contributed by atoms with Gasteiger partial charge in [-0.2, -0.15) is 14.3 Å². The molecule has 2 saturated carbocycles. The number of hydrogen-bond donors (Lipinski definition) is 3. The van der Waals surface area contributed by atoms with Gasteiger partial charge < -0.3 is 15.7 Å². The smallest absolute Gasteiger partial charge is 0.256 e. The van der Waals surface area contributed by atoms with E-state index < -0.39 is 16.7 Å². The number of halogens is 1. The molecule has 2 aliphatic carbocycles. The van der Waals surface area contributed by atoms with Crippen molar-refractivity contribution in [1.29, 1.82) is 0 Å². The van der Waals surface area contributed by atoms with Crippen molar-refractivity contribution in [3.63, 3.8) is 0 Å². The summed E-state index contributed by atoms with van der Waals surface area (Å²) in [6.07, 6.45) is 14.9. The van der Waals surface area contributed by atoms with Crippen LogP contribution in [0.3, 0.4) is 0 Å². The van der Waals surface area contributed by atoms with Crippen molar-refractivity contribution >= 4 is 27.3 Å². The highest BCUT2D eigenvalue weighted by Gasteiger charge is 2.37. The Bertz CT molecular complexity index is 1770. The van der Waals surface area contributed by atoms with Crippen molar-refractivity contribution in [3.8, 4) is 23.2 Å². The van der Waals surface area contributed by atoms with Crippen LogP contribution in [0, 0.1) is 23.7 Å². The van der Waals surface area contributed by atoms with Gasteiger partial charge in [0.25, 0.3) is 10.0 Å². The maximum absolute atomic E-state index is 12.7. The number of pyridine rings is 1. The minimum absolute atomic E-state index is 0.182. The van der Waals surface area contributed by atoms with Gasteiger partial charge in [0.05, 0.1) is 52.8 Å². The average Bonchev–Trinajstić information content (AvgIpc) is 3.62. The van der Waals surface area contributed by atoms with Gasteiger partial charge in [-0.25, -0.2) is 27.8 Å². The lowest BCUT2D eigenvalue weighted by atomic mass is 9.82. The van der Waals surface area contributed by atoms with E-state index in [-0.39, 0.29) is 18.4 Å². The summed E-state index contributed by atoms with van der Waals surface area (Å²) in [4.78, 5) is 13.4. The van der Waals surface area contributed by atoms with E-state index in [4.69, 9.17) is 0 Å². The van der Waals surface area contributed by atoms with E-state index >= 15 is 0 Å². The van der Waals surface area contributed by atoms with E-state index in [1.54, 1.807) is 30.9 Å². The first kappa shape index (κ1) is 29.7. The molecule has 4 aromatic heterocycles. The van der Waals surface area contributed by atoms with Gasteiger partial charge in [-0.1, -0.05) is 11.8 Å². The number of aryl methyl sites for hydroxylation is 1. The quantitative estimate of drug-likeness (QED) is 0.212. The molecule has 0 radical (unpaired) electrons. The van der Waals surface area contributed by atoms with Crippen LogP contribution < -0.4 is 10.6 Å². The molecule has 0 atom stereocenters. The second kappa shape index (κ2) is 13.1. The molecule has 230 valence electrons. The van der Waals surface area contributed by atoms with Crippen molar-refractivity contribution in [1.82, 2.24) is 33.9 Å². The molecule has 4 heterocycles. The second-order valence-corrected chi connectivity index (χ2v) is 13.3. The van der Waals surface area contributed by atoms with Crippen LogP contribution in [0.5, 0.6) is 0 Å². The Morgan fingerprint density at radius 2 is 1.80 bits per heavy atom. The zero-order valence-corrected chi connectivity index (χ0v) is 24.9. The van der Waals surface area contributed by atoms with E-state index in [9.17, 15) is 17.9 Å². The lowest BCUT2D eigenvalue weighted by Crippen LogP contribution is -2.23. The summed E-state index contributed by atoms with van der Waals surface area (Å²) in [6.45, 7) is 0.687. The maximum atomic E-state index is 12.7. The maximum Gasteiger partial charge on any atom is 0.256 e. The number of aliphatic hydroxyl groups is 1. The van der Waals surface area contributed by atoms with Gasteiger partial charge in [-0.15, -0.1) is 0 Å². The fourth-order valence-electron chi connectivity index (χ4n) is 5.20. The van der Waals surface area contributed by atoms with Gasteiger partial charge in [0.15, 0.2) is 5.82 Å². The summed E-state index contributed by atoms with van der Waals surface area (Å²) < 4.78 is 40.3. The summed E-state index contributed by atoms with van der Waals surface area (Å²) in [6, 6.07) is 3.57.